The molecule has 0 aliphatic heterocycles. The van der Waals surface area contributed by atoms with Crippen molar-refractivity contribution in [1.82, 2.24) is 4.98 Å². The zero-order valence-electron chi connectivity index (χ0n) is 13.4. The molecular formula is C19H15BrFNO3. The minimum absolute atomic E-state index is 0.0695. The fourth-order valence-corrected chi connectivity index (χ4v) is 3.18. The van der Waals surface area contributed by atoms with Gasteiger partial charge in [-0.25, -0.2) is 9.18 Å². The largest absolute Gasteiger partial charge is 0.491 e. The van der Waals surface area contributed by atoms with Crippen LogP contribution in [0.3, 0.4) is 0 Å². The number of benzene rings is 2. The smallest absolute Gasteiger partial charge is 0.339 e. The summed E-state index contributed by atoms with van der Waals surface area (Å²) in [6, 6.07) is 9.77. The average Bonchev–Trinajstić information content (AvgIpc) is 2.59. The molecule has 3 rings (SSSR count). The van der Waals surface area contributed by atoms with E-state index in [4.69, 9.17) is 4.74 Å². The summed E-state index contributed by atoms with van der Waals surface area (Å²) in [6.07, 6.45) is 2.28. The zero-order valence-corrected chi connectivity index (χ0v) is 15.0. The number of halogens is 2. The van der Waals surface area contributed by atoms with Gasteiger partial charge in [0.25, 0.3) is 0 Å². The van der Waals surface area contributed by atoms with E-state index < -0.39 is 5.97 Å². The molecule has 25 heavy (non-hydrogen) atoms. The molecule has 0 bridgehead atoms. The van der Waals surface area contributed by atoms with Crippen LogP contribution in [-0.4, -0.2) is 22.7 Å². The lowest BCUT2D eigenvalue weighted by atomic mass is 10.0. The van der Waals surface area contributed by atoms with Crippen molar-refractivity contribution in [2.45, 2.75) is 13.3 Å². The maximum atomic E-state index is 13.0. The molecule has 2 aromatic carbocycles. The second kappa shape index (κ2) is 7.19. The standard InChI is InChI=1S/C19H15BrFNO3/c1-2-25-18-15(19(23)24)9-16(20)14-8-12(10-22-17(14)18)7-11-3-5-13(21)6-4-11/h3-6,8-10H,2,7H2,1H3,(H,23,24). The van der Waals surface area contributed by atoms with Crippen molar-refractivity contribution in [2.24, 2.45) is 0 Å². The van der Waals surface area contributed by atoms with Crippen molar-refractivity contribution < 1.29 is 19.0 Å². The minimum atomic E-state index is -1.07. The molecule has 1 aromatic heterocycles. The predicted molar refractivity (Wildman–Crippen MR) is 96.8 cm³/mol. The summed E-state index contributed by atoms with van der Waals surface area (Å²) < 4.78 is 19.2. The Morgan fingerprint density at radius 1 is 1.24 bits per heavy atom. The maximum absolute atomic E-state index is 13.0. The zero-order chi connectivity index (χ0) is 18.0. The molecule has 0 amide bonds. The van der Waals surface area contributed by atoms with Gasteiger partial charge in [0.15, 0.2) is 5.75 Å². The van der Waals surface area contributed by atoms with Crippen molar-refractivity contribution in [3.63, 3.8) is 0 Å². The van der Waals surface area contributed by atoms with Gasteiger partial charge in [-0.3, -0.25) is 4.98 Å². The fraction of sp³-hybridized carbons (Fsp3) is 0.158. The number of carboxylic acid groups (broad SMARTS) is 1. The number of pyridine rings is 1. The van der Waals surface area contributed by atoms with Gasteiger partial charge in [-0.15, -0.1) is 0 Å². The highest BCUT2D eigenvalue weighted by Crippen LogP contribution is 2.35. The van der Waals surface area contributed by atoms with Crippen molar-refractivity contribution in [2.75, 3.05) is 6.61 Å². The molecule has 1 heterocycles. The van der Waals surface area contributed by atoms with Gasteiger partial charge in [0.2, 0.25) is 0 Å². The lowest BCUT2D eigenvalue weighted by Gasteiger charge is -2.13. The first-order valence-electron chi connectivity index (χ1n) is 7.71. The monoisotopic (exact) mass is 403 g/mol. The number of ether oxygens (including phenoxy) is 1. The van der Waals surface area contributed by atoms with Gasteiger partial charge in [-0.2, -0.15) is 0 Å². The number of nitrogens with zero attached hydrogens (tertiary/aromatic N) is 1. The second-order valence-corrected chi connectivity index (χ2v) is 6.37. The Morgan fingerprint density at radius 3 is 2.60 bits per heavy atom. The molecule has 128 valence electrons. The molecule has 0 aliphatic carbocycles. The molecule has 0 fully saturated rings. The van der Waals surface area contributed by atoms with E-state index >= 15 is 0 Å². The summed E-state index contributed by atoms with van der Waals surface area (Å²) in [5.74, 6) is -1.07. The van der Waals surface area contributed by atoms with E-state index in [0.717, 1.165) is 16.5 Å². The Bertz CT molecular complexity index is 942. The van der Waals surface area contributed by atoms with Crippen molar-refractivity contribution in [3.8, 4) is 5.75 Å². The van der Waals surface area contributed by atoms with Crippen LogP contribution in [0.25, 0.3) is 10.9 Å². The Balaban J connectivity index is 2.08. The molecule has 4 nitrogen and oxygen atoms in total. The number of fused-ring (bicyclic) bond motifs is 1. The predicted octanol–water partition coefficient (Wildman–Crippen LogP) is 4.82. The van der Waals surface area contributed by atoms with Gasteiger partial charge in [-0.05, 0) is 48.7 Å². The van der Waals surface area contributed by atoms with Gasteiger partial charge >= 0.3 is 5.97 Å². The van der Waals surface area contributed by atoms with Gasteiger partial charge in [0, 0.05) is 16.1 Å². The van der Waals surface area contributed by atoms with Crippen LogP contribution < -0.4 is 4.74 Å². The van der Waals surface area contributed by atoms with E-state index in [2.05, 4.69) is 20.9 Å². The molecule has 0 spiro atoms. The van der Waals surface area contributed by atoms with Crippen molar-refractivity contribution >= 4 is 32.8 Å². The molecular weight excluding hydrogens is 389 g/mol. The molecule has 0 aliphatic rings. The number of rotatable bonds is 5. The van der Waals surface area contributed by atoms with Crippen LogP contribution in [-0.2, 0) is 6.42 Å². The number of aromatic nitrogens is 1. The molecule has 6 heteroatoms. The van der Waals surface area contributed by atoms with Crippen LogP contribution in [0.15, 0.2) is 47.1 Å². The Hall–Kier alpha value is -2.47. The number of carboxylic acids is 1. The molecule has 0 saturated heterocycles. The van der Waals surface area contributed by atoms with Crippen LogP contribution in [0.2, 0.25) is 0 Å². The van der Waals surface area contributed by atoms with Crippen molar-refractivity contribution in [3.05, 3.63) is 69.6 Å². The van der Waals surface area contributed by atoms with Crippen LogP contribution in [0.4, 0.5) is 4.39 Å². The molecule has 0 unspecified atom stereocenters. The van der Waals surface area contributed by atoms with Crippen LogP contribution in [0.1, 0.15) is 28.4 Å². The summed E-state index contributed by atoms with van der Waals surface area (Å²) >= 11 is 3.42. The van der Waals surface area contributed by atoms with Gasteiger partial charge in [0.1, 0.15) is 16.9 Å². The van der Waals surface area contributed by atoms with E-state index in [0.29, 0.717) is 23.0 Å². The molecule has 3 aromatic rings. The highest BCUT2D eigenvalue weighted by atomic mass is 79.9. The number of aromatic carboxylic acids is 1. The SMILES string of the molecule is CCOc1c(C(=O)O)cc(Br)c2cc(Cc3ccc(F)cc3)cnc12. The number of hydrogen-bond donors (Lipinski definition) is 1. The first kappa shape index (κ1) is 17.4. The third-order valence-corrected chi connectivity index (χ3v) is 4.43. The summed E-state index contributed by atoms with van der Waals surface area (Å²) in [5, 5.41) is 10.2. The van der Waals surface area contributed by atoms with E-state index in [9.17, 15) is 14.3 Å². The first-order valence-corrected chi connectivity index (χ1v) is 8.50. The van der Waals surface area contributed by atoms with Gasteiger partial charge < -0.3 is 9.84 Å². The Labute approximate surface area is 152 Å². The number of carbonyl (C=O) groups is 1. The van der Waals surface area contributed by atoms with E-state index in [1.54, 1.807) is 25.3 Å². The van der Waals surface area contributed by atoms with E-state index in [-0.39, 0.29) is 17.1 Å². The van der Waals surface area contributed by atoms with Gasteiger partial charge in [-0.1, -0.05) is 28.1 Å². The van der Waals surface area contributed by atoms with E-state index in [1.807, 2.05) is 6.07 Å². The lowest BCUT2D eigenvalue weighted by Crippen LogP contribution is -2.05. The Morgan fingerprint density at radius 2 is 1.96 bits per heavy atom. The quantitative estimate of drug-likeness (QED) is 0.662. The lowest BCUT2D eigenvalue weighted by molar-refractivity contribution is 0.0692. The number of hydrogen-bond acceptors (Lipinski definition) is 3. The molecule has 1 N–H and O–H groups in total. The summed E-state index contributed by atoms with van der Waals surface area (Å²) in [7, 11) is 0. The normalized spacial score (nSPS) is 10.8. The van der Waals surface area contributed by atoms with Crippen LogP contribution in [0.5, 0.6) is 5.75 Å². The van der Waals surface area contributed by atoms with Gasteiger partial charge in [0.05, 0.1) is 6.61 Å². The van der Waals surface area contributed by atoms with E-state index in [1.165, 1.54) is 18.2 Å². The Kier molecular flexibility index (Phi) is 4.99. The average molecular weight is 404 g/mol. The fourth-order valence-electron chi connectivity index (χ4n) is 2.65. The molecule has 0 saturated carbocycles. The minimum Gasteiger partial charge on any atom is -0.491 e. The highest BCUT2D eigenvalue weighted by Gasteiger charge is 2.19. The van der Waals surface area contributed by atoms with Crippen LogP contribution in [0, 0.1) is 5.82 Å². The third kappa shape index (κ3) is 3.64. The first-order chi connectivity index (χ1) is 12.0. The third-order valence-electron chi connectivity index (χ3n) is 3.77. The second-order valence-electron chi connectivity index (χ2n) is 5.52. The topological polar surface area (TPSA) is 59.4 Å². The molecule has 0 atom stereocenters. The summed E-state index contributed by atoms with van der Waals surface area (Å²) in [5.41, 5.74) is 2.47. The maximum Gasteiger partial charge on any atom is 0.339 e. The summed E-state index contributed by atoms with van der Waals surface area (Å²) in [4.78, 5) is 15.9. The van der Waals surface area contributed by atoms with Crippen LogP contribution >= 0.6 is 15.9 Å². The highest BCUT2D eigenvalue weighted by molar-refractivity contribution is 9.10. The molecule has 0 radical (unpaired) electrons. The summed E-state index contributed by atoms with van der Waals surface area (Å²) in [6.45, 7) is 2.14. The van der Waals surface area contributed by atoms with Crippen molar-refractivity contribution in [1.29, 1.82) is 0 Å².